The highest BCUT2D eigenvalue weighted by molar-refractivity contribution is 5.79. The van der Waals surface area contributed by atoms with Crippen LogP contribution in [-0.4, -0.2) is 46.5 Å². The molecule has 0 spiro atoms. The topological polar surface area (TPSA) is 114 Å². The summed E-state index contributed by atoms with van der Waals surface area (Å²) in [5, 5.41) is 6.65. The van der Waals surface area contributed by atoms with Crippen LogP contribution < -0.4 is 11.1 Å². The number of nitrogens with one attached hydrogen (secondary N) is 1. The zero-order valence-corrected chi connectivity index (χ0v) is 13.0. The number of amides is 2. The van der Waals surface area contributed by atoms with Crippen LogP contribution in [0.5, 0.6) is 0 Å². The molecule has 22 heavy (non-hydrogen) atoms. The van der Waals surface area contributed by atoms with E-state index in [2.05, 4.69) is 15.5 Å². The monoisotopic (exact) mass is 309 g/mol. The summed E-state index contributed by atoms with van der Waals surface area (Å²) in [6.07, 6.45) is 2.10. The van der Waals surface area contributed by atoms with Crippen LogP contribution >= 0.6 is 0 Å². The van der Waals surface area contributed by atoms with E-state index in [-0.39, 0.29) is 23.8 Å². The molecule has 1 aliphatic heterocycles. The maximum Gasteiger partial charge on any atom is 0.249 e. The van der Waals surface area contributed by atoms with Gasteiger partial charge in [0.1, 0.15) is 6.04 Å². The van der Waals surface area contributed by atoms with Crippen LogP contribution in [-0.2, 0) is 9.59 Å². The van der Waals surface area contributed by atoms with Gasteiger partial charge in [0, 0.05) is 5.92 Å². The number of hydrogen-bond acceptors (Lipinski definition) is 6. The van der Waals surface area contributed by atoms with Gasteiger partial charge in [0.05, 0.1) is 6.54 Å². The molecule has 3 N–H and O–H groups in total. The molecule has 122 valence electrons. The van der Waals surface area contributed by atoms with Gasteiger partial charge >= 0.3 is 0 Å². The maximum absolute atomic E-state index is 12.1. The lowest BCUT2D eigenvalue weighted by Gasteiger charge is -2.30. The first-order valence-corrected chi connectivity index (χ1v) is 7.60. The molecule has 0 aromatic carbocycles. The highest BCUT2D eigenvalue weighted by Gasteiger charge is 2.25. The van der Waals surface area contributed by atoms with Crippen molar-refractivity contribution in [3.8, 4) is 0 Å². The van der Waals surface area contributed by atoms with Crippen molar-refractivity contribution >= 4 is 11.8 Å². The lowest BCUT2D eigenvalue weighted by atomic mass is 9.96. The Morgan fingerprint density at radius 2 is 2.14 bits per heavy atom. The summed E-state index contributed by atoms with van der Waals surface area (Å²) in [6.45, 7) is 5.40. The van der Waals surface area contributed by atoms with E-state index < -0.39 is 0 Å². The number of aryl methyl sites for hydroxylation is 1. The van der Waals surface area contributed by atoms with Gasteiger partial charge in [-0.15, -0.1) is 0 Å². The van der Waals surface area contributed by atoms with Gasteiger partial charge in [-0.25, -0.2) is 0 Å². The standard InChI is InChI=1S/C14H23N5O3/c1-3-11(14-16-9(2)18-22-14)17-12(20)8-19-6-4-10(5-7-19)13(15)21/h10-11H,3-8H2,1-2H3,(H2,15,21)(H,17,20). The second-order valence-corrected chi connectivity index (χ2v) is 5.66. The number of aromatic nitrogens is 2. The summed E-state index contributed by atoms with van der Waals surface area (Å²) in [5.74, 6) is 0.586. The van der Waals surface area contributed by atoms with Gasteiger partial charge in [-0.05, 0) is 39.3 Å². The van der Waals surface area contributed by atoms with Gasteiger partial charge in [0.2, 0.25) is 17.7 Å². The Bertz CT molecular complexity index is 522. The molecule has 0 radical (unpaired) electrons. The Morgan fingerprint density at radius 1 is 1.45 bits per heavy atom. The Balaban J connectivity index is 1.81. The molecule has 2 heterocycles. The van der Waals surface area contributed by atoms with Crippen LogP contribution in [0.4, 0.5) is 0 Å². The van der Waals surface area contributed by atoms with E-state index >= 15 is 0 Å². The third-order valence-electron chi connectivity index (χ3n) is 3.94. The molecule has 1 fully saturated rings. The van der Waals surface area contributed by atoms with Gasteiger partial charge in [-0.1, -0.05) is 12.1 Å². The lowest BCUT2D eigenvalue weighted by Crippen LogP contribution is -2.44. The SMILES string of the molecule is CCC(NC(=O)CN1CCC(C(N)=O)CC1)c1nc(C)no1. The molecule has 0 aliphatic carbocycles. The molecule has 1 saturated heterocycles. The van der Waals surface area contributed by atoms with Crippen LogP contribution in [0, 0.1) is 12.8 Å². The van der Waals surface area contributed by atoms with Crippen LogP contribution in [0.3, 0.4) is 0 Å². The second-order valence-electron chi connectivity index (χ2n) is 5.66. The van der Waals surface area contributed by atoms with Crippen molar-refractivity contribution in [1.82, 2.24) is 20.4 Å². The average molecular weight is 309 g/mol. The fourth-order valence-corrected chi connectivity index (χ4v) is 2.61. The number of likely N-dealkylation sites (tertiary alicyclic amines) is 1. The first-order valence-electron chi connectivity index (χ1n) is 7.60. The second kappa shape index (κ2) is 7.35. The summed E-state index contributed by atoms with van der Waals surface area (Å²) < 4.78 is 5.11. The Kier molecular flexibility index (Phi) is 5.48. The normalized spacial score (nSPS) is 18.1. The first-order chi connectivity index (χ1) is 10.5. The third kappa shape index (κ3) is 4.27. The van der Waals surface area contributed by atoms with Gasteiger partial charge in [-0.3, -0.25) is 14.5 Å². The average Bonchev–Trinajstić information content (AvgIpc) is 2.91. The first kappa shape index (κ1) is 16.4. The van der Waals surface area contributed by atoms with Crippen molar-refractivity contribution in [3.05, 3.63) is 11.7 Å². The van der Waals surface area contributed by atoms with E-state index in [9.17, 15) is 9.59 Å². The van der Waals surface area contributed by atoms with Crippen LogP contribution in [0.1, 0.15) is 43.9 Å². The number of rotatable bonds is 6. The zero-order chi connectivity index (χ0) is 16.1. The molecule has 2 amide bonds. The highest BCUT2D eigenvalue weighted by Crippen LogP contribution is 2.17. The van der Waals surface area contributed by atoms with Crippen LogP contribution in [0.2, 0.25) is 0 Å². The molecule has 0 bridgehead atoms. The summed E-state index contributed by atoms with van der Waals surface area (Å²) >= 11 is 0. The molecule has 1 aromatic heterocycles. The predicted octanol–water partition coefficient (Wildman–Crippen LogP) is 0.143. The number of piperidine rings is 1. The molecule has 2 rings (SSSR count). The van der Waals surface area contributed by atoms with Gasteiger partial charge in [0.25, 0.3) is 0 Å². The number of nitrogens with two attached hydrogens (primary N) is 1. The fraction of sp³-hybridized carbons (Fsp3) is 0.714. The van der Waals surface area contributed by atoms with Crippen LogP contribution in [0.25, 0.3) is 0 Å². The largest absolute Gasteiger partial charge is 0.369 e. The van der Waals surface area contributed by atoms with E-state index in [4.69, 9.17) is 10.3 Å². The molecule has 1 unspecified atom stereocenters. The molecule has 8 heteroatoms. The van der Waals surface area contributed by atoms with E-state index in [1.165, 1.54) is 0 Å². The Morgan fingerprint density at radius 3 is 2.64 bits per heavy atom. The number of hydrogen-bond donors (Lipinski definition) is 2. The van der Waals surface area contributed by atoms with E-state index in [0.29, 0.717) is 50.6 Å². The summed E-state index contributed by atoms with van der Waals surface area (Å²) in [5.41, 5.74) is 5.30. The summed E-state index contributed by atoms with van der Waals surface area (Å²) in [4.78, 5) is 29.5. The van der Waals surface area contributed by atoms with E-state index in [1.807, 2.05) is 11.8 Å². The van der Waals surface area contributed by atoms with Gasteiger partial charge < -0.3 is 15.6 Å². The summed E-state index contributed by atoms with van der Waals surface area (Å²) in [7, 11) is 0. The van der Waals surface area contributed by atoms with Gasteiger partial charge in [-0.2, -0.15) is 4.98 Å². The molecular weight excluding hydrogens is 286 g/mol. The quantitative estimate of drug-likeness (QED) is 0.772. The fourth-order valence-electron chi connectivity index (χ4n) is 2.61. The van der Waals surface area contributed by atoms with E-state index in [0.717, 1.165) is 0 Å². The highest BCUT2D eigenvalue weighted by atomic mass is 16.5. The Labute approximate surface area is 129 Å². The summed E-state index contributed by atoms with van der Waals surface area (Å²) in [6, 6.07) is -0.267. The Hall–Kier alpha value is -1.96. The van der Waals surface area contributed by atoms with Crippen molar-refractivity contribution < 1.29 is 14.1 Å². The maximum atomic E-state index is 12.1. The van der Waals surface area contributed by atoms with Crippen molar-refractivity contribution in [1.29, 1.82) is 0 Å². The van der Waals surface area contributed by atoms with Crippen molar-refractivity contribution in [3.63, 3.8) is 0 Å². The molecule has 8 nitrogen and oxygen atoms in total. The molecule has 0 saturated carbocycles. The molecular formula is C14H23N5O3. The molecule has 1 atom stereocenters. The van der Waals surface area contributed by atoms with Gasteiger partial charge in [0.15, 0.2) is 5.82 Å². The minimum absolute atomic E-state index is 0.0657. The minimum atomic E-state index is -0.267. The smallest absolute Gasteiger partial charge is 0.249 e. The van der Waals surface area contributed by atoms with Crippen LogP contribution in [0.15, 0.2) is 4.52 Å². The zero-order valence-electron chi connectivity index (χ0n) is 13.0. The number of nitrogens with zero attached hydrogens (tertiary/aromatic N) is 3. The number of carbonyl (C=O) groups is 2. The van der Waals surface area contributed by atoms with Crippen molar-refractivity contribution in [2.75, 3.05) is 19.6 Å². The molecule has 1 aliphatic rings. The lowest BCUT2D eigenvalue weighted by molar-refractivity contribution is -0.124. The van der Waals surface area contributed by atoms with Crippen molar-refractivity contribution in [2.45, 2.75) is 39.2 Å². The van der Waals surface area contributed by atoms with E-state index in [1.54, 1.807) is 6.92 Å². The number of carbonyl (C=O) groups excluding carboxylic acids is 2. The predicted molar refractivity (Wildman–Crippen MR) is 78.6 cm³/mol. The molecule has 1 aromatic rings. The number of primary amides is 1. The minimum Gasteiger partial charge on any atom is -0.369 e. The third-order valence-corrected chi connectivity index (χ3v) is 3.94. The van der Waals surface area contributed by atoms with Crippen molar-refractivity contribution in [2.24, 2.45) is 11.7 Å².